The molecule has 0 aliphatic carbocycles. The number of fused-ring (bicyclic) bond motifs is 1. The minimum absolute atomic E-state index is 0.0282. The topological polar surface area (TPSA) is 38.3 Å². The number of rotatable bonds is 5. The zero-order valence-electron chi connectivity index (χ0n) is 15.0. The van der Waals surface area contributed by atoms with E-state index in [9.17, 15) is 9.18 Å². The molecular weight excluding hydrogens is 361 g/mol. The largest absolute Gasteiger partial charge is 0.494 e. The van der Waals surface area contributed by atoms with Gasteiger partial charge < -0.3 is 10.1 Å². The van der Waals surface area contributed by atoms with E-state index in [1.807, 2.05) is 29.6 Å². The van der Waals surface area contributed by atoms with Gasteiger partial charge in [0, 0.05) is 33.7 Å². The number of carbonyl (C=O) groups excluding carboxylic acids is 1. The first-order chi connectivity index (χ1) is 13.2. The molecule has 0 radical (unpaired) electrons. The van der Waals surface area contributed by atoms with Crippen molar-refractivity contribution in [3.8, 4) is 16.9 Å². The average molecular weight is 381 g/mol. The van der Waals surface area contributed by atoms with Gasteiger partial charge in [0.05, 0.1) is 12.3 Å². The summed E-state index contributed by atoms with van der Waals surface area (Å²) in [5.74, 6) is 0.473. The van der Waals surface area contributed by atoms with E-state index in [2.05, 4.69) is 12.2 Å². The van der Waals surface area contributed by atoms with E-state index in [4.69, 9.17) is 4.74 Å². The van der Waals surface area contributed by atoms with Crippen molar-refractivity contribution in [1.82, 2.24) is 0 Å². The molecule has 1 aromatic heterocycles. The predicted molar refractivity (Wildman–Crippen MR) is 107 cm³/mol. The smallest absolute Gasteiger partial charge is 0.225 e. The van der Waals surface area contributed by atoms with Crippen molar-refractivity contribution >= 4 is 22.9 Å². The molecule has 1 N–H and O–H groups in total. The number of amides is 1. The van der Waals surface area contributed by atoms with Crippen molar-refractivity contribution in [2.75, 3.05) is 11.9 Å². The highest BCUT2D eigenvalue weighted by molar-refractivity contribution is 7.11. The summed E-state index contributed by atoms with van der Waals surface area (Å²) in [4.78, 5) is 13.4. The first-order valence-corrected chi connectivity index (χ1v) is 9.94. The Morgan fingerprint density at radius 1 is 1.15 bits per heavy atom. The first-order valence-electron chi connectivity index (χ1n) is 9.06. The van der Waals surface area contributed by atoms with Crippen molar-refractivity contribution < 1.29 is 13.9 Å². The van der Waals surface area contributed by atoms with Crippen molar-refractivity contribution in [3.05, 3.63) is 70.2 Å². The quantitative estimate of drug-likeness (QED) is 0.605. The maximum atomic E-state index is 14.3. The third kappa shape index (κ3) is 3.47. The summed E-state index contributed by atoms with van der Waals surface area (Å²) < 4.78 is 19.9. The van der Waals surface area contributed by atoms with Gasteiger partial charge >= 0.3 is 0 Å². The number of halogens is 1. The molecule has 138 valence electrons. The fourth-order valence-electron chi connectivity index (χ4n) is 3.39. The van der Waals surface area contributed by atoms with Crippen molar-refractivity contribution in [2.45, 2.75) is 25.7 Å². The SMILES string of the molecule is CCCOc1ccc([C@H]2CC(=O)Nc3c(-c4ccccc4F)csc32)cc1. The molecule has 3 nitrogen and oxygen atoms in total. The molecule has 0 bridgehead atoms. The second kappa shape index (κ2) is 7.53. The highest BCUT2D eigenvalue weighted by Gasteiger charge is 2.30. The zero-order valence-corrected chi connectivity index (χ0v) is 15.8. The molecule has 5 heteroatoms. The number of hydrogen-bond donors (Lipinski definition) is 1. The Kier molecular flexibility index (Phi) is 4.94. The lowest BCUT2D eigenvalue weighted by atomic mass is 9.89. The standard InChI is InChI=1S/C22H20FNO2S/c1-2-11-26-15-9-7-14(8-10-15)17-12-20(25)24-21-18(13-27-22(17)21)16-5-3-4-6-19(16)23/h3-10,13,17H,2,11-12H2,1H3,(H,24,25)/t17-/m1/s1. The summed E-state index contributed by atoms with van der Waals surface area (Å²) in [5, 5.41) is 4.88. The molecule has 0 spiro atoms. The van der Waals surface area contributed by atoms with E-state index in [-0.39, 0.29) is 17.6 Å². The molecule has 0 fully saturated rings. The predicted octanol–water partition coefficient (Wildman–Crippen LogP) is 5.82. The Balaban J connectivity index is 1.70. The Morgan fingerprint density at radius 2 is 1.93 bits per heavy atom. The van der Waals surface area contributed by atoms with Crippen molar-refractivity contribution in [1.29, 1.82) is 0 Å². The van der Waals surface area contributed by atoms with Gasteiger partial charge in [0.2, 0.25) is 5.91 Å². The lowest BCUT2D eigenvalue weighted by molar-refractivity contribution is -0.116. The minimum Gasteiger partial charge on any atom is -0.494 e. The normalized spacial score (nSPS) is 15.9. The molecular formula is C22H20FNO2S. The maximum Gasteiger partial charge on any atom is 0.225 e. The van der Waals surface area contributed by atoms with E-state index in [1.165, 1.54) is 6.07 Å². The van der Waals surface area contributed by atoms with Crippen LogP contribution in [0, 0.1) is 5.82 Å². The number of hydrogen-bond acceptors (Lipinski definition) is 3. The summed E-state index contributed by atoms with van der Waals surface area (Å²) in [6.07, 6.45) is 1.35. The summed E-state index contributed by atoms with van der Waals surface area (Å²) in [7, 11) is 0. The summed E-state index contributed by atoms with van der Waals surface area (Å²) >= 11 is 1.57. The summed E-state index contributed by atoms with van der Waals surface area (Å²) in [6, 6.07) is 14.6. The highest BCUT2D eigenvalue weighted by atomic mass is 32.1. The lowest BCUT2D eigenvalue weighted by Crippen LogP contribution is -2.22. The average Bonchev–Trinajstić information content (AvgIpc) is 3.10. The van der Waals surface area contributed by atoms with E-state index in [0.717, 1.165) is 33.9 Å². The number of ether oxygens (including phenoxy) is 1. The molecule has 1 aliphatic heterocycles. The van der Waals surface area contributed by atoms with Gasteiger partial charge in [-0.1, -0.05) is 37.3 Å². The van der Waals surface area contributed by atoms with Crippen LogP contribution in [0.1, 0.15) is 36.1 Å². The van der Waals surface area contributed by atoms with E-state index in [0.29, 0.717) is 18.6 Å². The molecule has 3 aromatic rings. The number of anilines is 1. The van der Waals surface area contributed by atoms with Gasteiger partial charge in [-0.15, -0.1) is 11.3 Å². The fraction of sp³-hybridized carbons (Fsp3) is 0.227. The van der Waals surface area contributed by atoms with Crippen LogP contribution in [0.15, 0.2) is 53.9 Å². The number of benzene rings is 2. The van der Waals surface area contributed by atoms with Gasteiger partial charge in [-0.3, -0.25) is 4.79 Å². The van der Waals surface area contributed by atoms with Crippen LogP contribution in [0.4, 0.5) is 10.1 Å². The molecule has 0 unspecified atom stereocenters. The first kappa shape index (κ1) is 17.7. The van der Waals surface area contributed by atoms with Gasteiger partial charge in [0.25, 0.3) is 0 Å². The van der Waals surface area contributed by atoms with Crippen LogP contribution in [0.5, 0.6) is 5.75 Å². The Morgan fingerprint density at radius 3 is 2.67 bits per heavy atom. The molecule has 2 heterocycles. The van der Waals surface area contributed by atoms with E-state index in [1.54, 1.807) is 29.5 Å². The van der Waals surface area contributed by atoms with Crippen molar-refractivity contribution in [3.63, 3.8) is 0 Å². The zero-order chi connectivity index (χ0) is 18.8. The number of carbonyl (C=O) groups is 1. The van der Waals surface area contributed by atoms with Crippen LogP contribution in [0.2, 0.25) is 0 Å². The molecule has 1 atom stereocenters. The highest BCUT2D eigenvalue weighted by Crippen LogP contribution is 2.47. The molecule has 1 amide bonds. The van der Waals surface area contributed by atoms with E-state index < -0.39 is 0 Å². The third-order valence-corrected chi connectivity index (χ3v) is 5.81. The molecule has 1 aliphatic rings. The molecule has 2 aromatic carbocycles. The molecule has 4 rings (SSSR count). The number of nitrogens with one attached hydrogen (secondary N) is 1. The summed E-state index contributed by atoms with van der Waals surface area (Å²) in [6.45, 7) is 2.76. The van der Waals surface area contributed by atoms with Crippen LogP contribution >= 0.6 is 11.3 Å². The van der Waals surface area contributed by atoms with Gasteiger partial charge in [-0.2, -0.15) is 0 Å². The van der Waals surface area contributed by atoms with Crippen LogP contribution in [-0.2, 0) is 4.79 Å². The Labute approximate surface area is 161 Å². The Hall–Kier alpha value is -2.66. The third-order valence-electron chi connectivity index (χ3n) is 4.71. The fourth-order valence-corrected chi connectivity index (χ4v) is 4.54. The molecule has 0 saturated carbocycles. The number of thiophene rings is 1. The second-order valence-corrected chi connectivity index (χ2v) is 7.50. The van der Waals surface area contributed by atoms with Crippen LogP contribution in [-0.4, -0.2) is 12.5 Å². The minimum atomic E-state index is -0.285. The van der Waals surface area contributed by atoms with Crippen molar-refractivity contribution in [2.24, 2.45) is 0 Å². The monoisotopic (exact) mass is 381 g/mol. The Bertz CT molecular complexity index is 965. The summed E-state index contributed by atoms with van der Waals surface area (Å²) in [5.41, 5.74) is 3.06. The van der Waals surface area contributed by atoms with Gasteiger partial charge in [0.15, 0.2) is 0 Å². The second-order valence-electron chi connectivity index (χ2n) is 6.59. The molecule has 27 heavy (non-hydrogen) atoms. The van der Waals surface area contributed by atoms with E-state index >= 15 is 0 Å². The van der Waals surface area contributed by atoms with Gasteiger partial charge in [-0.05, 0) is 30.2 Å². The van der Waals surface area contributed by atoms with Gasteiger partial charge in [0.1, 0.15) is 11.6 Å². The van der Waals surface area contributed by atoms with Gasteiger partial charge in [-0.25, -0.2) is 4.39 Å². The van der Waals surface area contributed by atoms with Crippen LogP contribution in [0.3, 0.4) is 0 Å². The lowest BCUT2D eigenvalue weighted by Gasteiger charge is -2.24. The molecule has 0 saturated heterocycles. The van der Waals surface area contributed by atoms with Crippen LogP contribution < -0.4 is 10.1 Å². The maximum absolute atomic E-state index is 14.3. The van der Waals surface area contributed by atoms with Crippen LogP contribution in [0.25, 0.3) is 11.1 Å².